The number of aliphatic hydroxyl groups is 2. The van der Waals surface area contributed by atoms with Gasteiger partial charge < -0.3 is 14.9 Å². The van der Waals surface area contributed by atoms with Crippen molar-refractivity contribution in [3.05, 3.63) is 0 Å². The zero-order chi connectivity index (χ0) is 9.85. The van der Waals surface area contributed by atoms with Crippen LogP contribution in [0.2, 0.25) is 0 Å². The van der Waals surface area contributed by atoms with Crippen LogP contribution in [-0.2, 0) is 4.74 Å². The molecule has 2 heterocycles. The molecule has 2 rings (SSSR count). The van der Waals surface area contributed by atoms with Crippen LogP contribution in [0, 0.1) is 17.8 Å². The van der Waals surface area contributed by atoms with Crippen molar-refractivity contribution in [2.75, 3.05) is 6.61 Å². The zero-order valence-corrected chi connectivity index (χ0v) is 8.24. The lowest BCUT2D eigenvalue weighted by Crippen LogP contribution is -2.30. The first-order valence-corrected chi connectivity index (χ1v) is 4.79. The van der Waals surface area contributed by atoms with Crippen LogP contribution in [0.4, 0.5) is 0 Å². The molecule has 0 amide bonds. The predicted molar refractivity (Wildman–Crippen MR) is 46.5 cm³/mol. The molecule has 5 atom stereocenters. The van der Waals surface area contributed by atoms with Gasteiger partial charge >= 0.3 is 0 Å². The number of nitrogens with one attached hydrogen (secondary N) is 1. The van der Waals surface area contributed by atoms with Crippen LogP contribution < -0.4 is 5.32 Å². The van der Waals surface area contributed by atoms with E-state index in [-0.39, 0.29) is 18.4 Å². The van der Waals surface area contributed by atoms with Crippen molar-refractivity contribution in [3.8, 4) is 0 Å². The highest BCUT2D eigenvalue weighted by molar-refractivity contribution is 5.25. The van der Waals surface area contributed by atoms with Crippen molar-refractivity contribution in [2.24, 2.45) is 17.8 Å². The van der Waals surface area contributed by atoms with E-state index < -0.39 is 11.6 Å². The molecule has 2 fully saturated rings. The van der Waals surface area contributed by atoms with Gasteiger partial charge in [0.15, 0.2) is 0 Å². The highest BCUT2D eigenvalue weighted by Crippen LogP contribution is 2.63. The predicted octanol–water partition coefficient (Wildman–Crippen LogP) is -0.137. The first kappa shape index (κ1) is 9.40. The fourth-order valence-corrected chi connectivity index (χ4v) is 1.98. The summed E-state index contributed by atoms with van der Waals surface area (Å²) in [5, 5.41) is 21.3. The second-order valence-corrected chi connectivity index (χ2v) is 4.41. The van der Waals surface area contributed by atoms with Crippen molar-refractivity contribution in [1.82, 2.24) is 5.32 Å². The molecule has 4 nitrogen and oxygen atoms in total. The number of hydrogen-bond acceptors (Lipinski definition) is 4. The molecule has 2 aliphatic heterocycles. The average molecular weight is 187 g/mol. The van der Waals surface area contributed by atoms with Crippen molar-refractivity contribution in [3.63, 3.8) is 0 Å². The van der Waals surface area contributed by atoms with E-state index in [0.717, 1.165) is 0 Å². The van der Waals surface area contributed by atoms with Crippen LogP contribution in [0.25, 0.3) is 0 Å². The van der Waals surface area contributed by atoms with Crippen LogP contribution in [0.3, 0.4) is 0 Å². The normalized spacial score (nSPS) is 47.8. The monoisotopic (exact) mass is 187 g/mol. The Morgan fingerprint density at radius 2 is 1.85 bits per heavy atom. The fourth-order valence-electron chi connectivity index (χ4n) is 1.98. The van der Waals surface area contributed by atoms with Crippen LogP contribution in [0.1, 0.15) is 20.8 Å². The number of fused-ring (bicyclic) bond motifs is 1. The summed E-state index contributed by atoms with van der Waals surface area (Å²) in [4.78, 5) is 0. The SMILES string of the molecule is CC(CO)C(C)C(C)C12NC1(O)O2. The van der Waals surface area contributed by atoms with E-state index in [4.69, 9.17) is 9.84 Å². The number of aliphatic hydroxyl groups excluding tert-OH is 1. The third-order valence-corrected chi connectivity index (χ3v) is 3.68. The molecule has 3 N–H and O–H groups in total. The van der Waals surface area contributed by atoms with Gasteiger partial charge in [-0.2, -0.15) is 0 Å². The van der Waals surface area contributed by atoms with E-state index in [2.05, 4.69) is 12.2 Å². The maximum atomic E-state index is 9.43. The van der Waals surface area contributed by atoms with Crippen LogP contribution in [-0.4, -0.2) is 28.5 Å². The minimum absolute atomic E-state index is 0.181. The quantitative estimate of drug-likeness (QED) is 0.536. The van der Waals surface area contributed by atoms with Gasteiger partial charge in [-0.05, 0) is 11.8 Å². The molecule has 0 aromatic heterocycles. The molecule has 2 saturated heterocycles. The molecule has 76 valence electrons. The third-order valence-electron chi connectivity index (χ3n) is 3.68. The number of epoxide rings is 1. The van der Waals surface area contributed by atoms with Gasteiger partial charge in [0.1, 0.15) is 0 Å². The maximum Gasteiger partial charge on any atom is 0.274 e. The maximum absolute atomic E-state index is 9.43. The van der Waals surface area contributed by atoms with Crippen molar-refractivity contribution >= 4 is 0 Å². The molecule has 2 aliphatic rings. The lowest BCUT2D eigenvalue weighted by atomic mass is 9.83. The largest absolute Gasteiger partial charge is 0.396 e. The Kier molecular flexibility index (Phi) is 1.77. The first-order valence-electron chi connectivity index (χ1n) is 4.79. The van der Waals surface area contributed by atoms with E-state index in [9.17, 15) is 5.11 Å². The topological polar surface area (TPSA) is 74.9 Å². The summed E-state index contributed by atoms with van der Waals surface area (Å²) in [5.74, 6) is -0.246. The Morgan fingerprint density at radius 3 is 2.15 bits per heavy atom. The highest BCUT2D eigenvalue weighted by Gasteiger charge is 2.90. The van der Waals surface area contributed by atoms with Gasteiger partial charge in [0.05, 0.1) is 0 Å². The molecule has 0 aromatic carbocycles. The molecule has 0 bridgehead atoms. The lowest BCUT2D eigenvalue weighted by Gasteiger charge is -2.24. The Bertz CT molecular complexity index is 225. The second kappa shape index (κ2) is 2.45. The van der Waals surface area contributed by atoms with Gasteiger partial charge in [-0.3, -0.25) is 0 Å². The summed E-state index contributed by atoms with van der Waals surface area (Å²) >= 11 is 0. The summed E-state index contributed by atoms with van der Waals surface area (Å²) in [5.41, 5.74) is -0.490. The Labute approximate surface area is 77.9 Å². The van der Waals surface area contributed by atoms with Gasteiger partial charge in [0.25, 0.3) is 5.91 Å². The average Bonchev–Trinajstić information content (AvgIpc) is 2.85. The van der Waals surface area contributed by atoms with E-state index in [0.29, 0.717) is 5.92 Å². The first-order chi connectivity index (χ1) is 5.97. The number of rotatable bonds is 4. The summed E-state index contributed by atoms with van der Waals surface area (Å²) in [6.07, 6.45) is 0. The minimum Gasteiger partial charge on any atom is -0.396 e. The van der Waals surface area contributed by atoms with E-state index in [1.165, 1.54) is 0 Å². The number of ether oxygens (including phenoxy) is 1. The van der Waals surface area contributed by atoms with Crippen LogP contribution >= 0.6 is 0 Å². The third kappa shape index (κ3) is 1.06. The fraction of sp³-hybridized carbons (Fsp3) is 1.00. The van der Waals surface area contributed by atoms with Crippen molar-refractivity contribution < 1.29 is 14.9 Å². The summed E-state index contributed by atoms with van der Waals surface area (Å²) in [7, 11) is 0. The molecule has 0 radical (unpaired) electrons. The van der Waals surface area contributed by atoms with Crippen LogP contribution in [0.5, 0.6) is 0 Å². The Morgan fingerprint density at radius 1 is 1.38 bits per heavy atom. The van der Waals surface area contributed by atoms with Gasteiger partial charge in [-0.1, -0.05) is 20.8 Å². The smallest absolute Gasteiger partial charge is 0.274 e. The van der Waals surface area contributed by atoms with Gasteiger partial charge in [-0.15, -0.1) is 0 Å². The molecule has 0 aliphatic carbocycles. The number of hydrogen-bond donors (Lipinski definition) is 3. The molecule has 4 heteroatoms. The second-order valence-electron chi connectivity index (χ2n) is 4.41. The van der Waals surface area contributed by atoms with E-state index in [1.54, 1.807) is 0 Å². The van der Waals surface area contributed by atoms with Gasteiger partial charge in [0, 0.05) is 12.5 Å². The Balaban J connectivity index is 1.95. The van der Waals surface area contributed by atoms with Crippen molar-refractivity contribution in [2.45, 2.75) is 32.4 Å². The summed E-state index contributed by atoms with van der Waals surface area (Å²) in [6.45, 7) is 6.29. The summed E-state index contributed by atoms with van der Waals surface area (Å²) in [6, 6.07) is 0. The van der Waals surface area contributed by atoms with Crippen LogP contribution in [0.15, 0.2) is 0 Å². The Hall–Kier alpha value is -0.160. The van der Waals surface area contributed by atoms with Crippen molar-refractivity contribution in [1.29, 1.82) is 0 Å². The van der Waals surface area contributed by atoms with E-state index in [1.807, 2.05) is 13.8 Å². The summed E-state index contributed by atoms with van der Waals surface area (Å²) < 4.78 is 5.12. The zero-order valence-electron chi connectivity index (χ0n) is 8.24. The molecule has 0 spiro atoms. The molecular formula is C9H17NO3. The molecule has 0 saturated carbocycles. The van der Waals surface area contributed by atoms with Gasteiger partial charge in [-0.25, -0.2) is 5.32 Å². The molecule has 5 unspecified atom stereocenters. The molecule has 0 aromatic rings. The minimum atomic E-state index is -1.03. The lowest BCUT2D eigenvalue weighted by molar-refractivity contribution is -0.0189. The standard InChI is InChI=1S/C9H17NO3/c1-5(4-11)6(2)7(3)8-9(12,10-8)13-8/h5-7,10-12H,4H2,1-3H3. The molecule has 13 heavy (non-hydrogen) atoms. The highest BCUT2D eigenvalue weighted by atomic mass is 16.8. The van der Waals surface area contributed by atoms with Gasteiger partial charge in [0.2, 0.25) is 5.72 Å². The molecular weight excluding hydrogens is 170 g/mol. The van der Waals surface area contributed by atoms with E-state index >= 15 is 0 Å².